The highest BCUT2D eigenvalue weighted by molar-refractivity contribution is 5.92. The van der Waals surface area contributed by atoms with E-state index in [9.17, 15) is 24.8 Å². The molecule has 9 nitrogen and oxygen atoms in total. The lowest BCUT2D eigenvalue weighted by Crippen LogP contribution is -2.54. The number of amides is 3. The number of phenolic OH excluding ortho intramolecular Hbond substituents is 1. The van der Waals surface area contributed by atoms with Crippen LogP contribution in [0.2, 0.25) is 0 Å². The number of nitrogens with one attached hydrogen (secondary N) is 2. The summed E-state index contributed by atoms with van der Waals surface area (Å²) in [4.78, 5) is 39.7. The highest BCUT2D eigenvalue weighted by Crippen LogP contribution is 2.32. The van der Waals surface area contributed by atoms with Gasteiger partial charge in [0, 0.05) is 11.1 Å². The molecule has 0 radical (unpaired) electrons. The summed E-state index contributed by atoms with van der Waals surface area (Å²) in [5.74, 6) is -1.39. The Morgan fingerprint density at radius 1 is 1.19 bits per heavy atom. The maximum Gasteiger partial charge on any atom is 0.408 e. The molecule has 1 rings (SSSR count). The quantitative estimate of drug-likeness (QED) is 0.576. The summed E-state index contributed by atoms with van der Waals surface area (Å²) in [7, 11) is 0. The molecule has 0 aliphatic carbocycles. The SMILES string of the molecule is Cc1cccc(C(C(=O)NC(C)(C)C)N(CC#N)C(=O)C(C)NC(=O)OC(C)(C)C)c1O. The summed E-state index contributed by atoms with van der Waals surface area (Å²) < 4.78 is 5.19. The Morgan fingerprint density at radius 3 is 2.28 bits per heavy atom. The average Bonchev–Trinajstić information content (AvgIpc) is 2.60. The molecule has 3 N–H and O–H groups in total. The van der Waals surface area contributed by atoms with E-state index in [2.05, 4.69) is 10.6 Å². The number of phenols is 1. The van der Waals surface area contributed by atoms with Crippen LogP contribution in [0.1, 0.15) is 65.6 Å². The summed E-state index contributed by atoms with van der Waals surface area (Å²) in [6, 6.07) is 4.37. The molecule has 2 atom stereocenters. The number of nitrogens with zero attached hydrogens (tertiary/aromatic N) is 2. The van der Waals surface area contributed by atoms with Crippen LogP contribution < -0.4 is 10.6 Å². The fourth-order valence-electron chi connectivity index (χ4n) is 2.96. The molecule has 0 bridgehead atoms. The molecular weight excluding hydrogens is 412 g/mol. The topological polar surface area (TPSA) is 132 Å². The first kappa shape index (κ1) is 26.8. The maximum absolute atomic E-state index is 13.3. The van der Waals surface area contributed by atoms with Crippen molar-refractivity contribution in [3.05, 3.63) is 29.3 Å². The van der Waals surface area contributed by atoms with Gasteiger partial charge in [-0.25, -0.2) is 4.79 Å². The van der Waals surface area contributed by atoms with E-state index < -0.39 is 47.7 Å². The Kier molecular flexibility index (Phi) is 8.66. The maximum atomic E-state index is 13.3. The summed E-state index contributed by atoms with van der Waals surface area (Å²) in [5, 5.41) is 25.3. The summed E-state index contributed by atoms with van der Waals surface area (Å²) in [6.07, 6.45) is -0.802. The minimum Gasteiger partial charge on any atom is -0.507 e. The smallest absolute Gasteiger partial charge is 0.408 e. The Labute approximate surface area is 189 Å². The van der Waals surface area contributed by atoms with E-state index in [0.717, 1.165) is 4.90 Å². The number of carbonyl (C=O) groups excluding carboxylic acids is 3. The number of benzene rings is 1. The van der Waals surface area contributed by atoms with Gasteiger partial charge in [-0.05, 0) is 61.0 Å². The van der Waals surface area contributed by atoms with Gasteiger partial charge in [-0.1, -0.05) is 18.2 Å². The first-order chi connectivity index (χ1) is 14.6. The van der Waals surface area contributed by atoms with E-state index in [1.807, 2.05) is 6.07 Å². The molecule has 9 heteroatoms. The average molecular weight is 447 g/mol. The molecule has 1 aromatic rings. The van der Waals surface area contributed by atoms with Gasteiger partial charge in [0.15, 0.2) is 0 Å². The molecule has 0 fully saturated rings. The van der Waals surface area contributed by atoms with Gasteiger partial charge in [0.25, 0.3) is 0 Å². The fraction of sp³-hybridized carbons (Fsp3) is 0.565. The van der Waals surface area contributed by atoms with Crippen molar-refractivity contribution in [1.29, 1.82) is 5.26 Å². The van der Waals surface area contributed by atoms with Crippen molar-refractivity contribution < 1.29 is 24.2 Å². The largest absolute Gasteiger partial charge is 0.507 e. The number of rotatable bonds is 6. The second-order valence-corrected chi connectivity index (χ2v) is 9.65. The highest BCUT2D eigenvalue weighted by Gasteiger charge is 2.37. The molecule has 0 aliphatic rings. The second-order valence-electron chi connectivity index (χ2n) is 9.65. The molecule has 0 saturated heterocycles. The van der Waals surface area contributed by atoms with Crippen molar-refractivity contribution in [3.8, 4) is 11.8 Å². The van der Waals surface area contributed by atoms with E-state index in [1.165, 1.54) is 13.0 Å². The minimum absolute atomic E-state index is 0.148. The molecule has 3 amide bonds. The van der Waals surface area contributed by atoms with Crippen molar-refractivity contribution in [2.45, 2.75) is 78.6 Å². The van der Waals surface area contributed by atoms with Crippen LogP contribution in [0.3, 0.4) is 0 Å². The van der Waals surface area contributed by atoms with Crippen LogP contribution in [-0.4, -0.2) is 51.6 Å². The second kappa shape index (κ2) is 10.4. The molecule has 0 aliphatic heterocycles. The van der Waals surface area contributed by atoms with E-state index in [1.54, 1.807) is 60.6 Å². The van der Waals surface area contributed by atoms with Crippen LogP contribution in [0, 0.1) is 18.3 Å². The Hall–Kier alpha value is -3.28. The molecule has 0 spiro atoms. The third kappa shape index (κ3) is 7.76. The van der Waals surface area contributed by atoms with E-state index in [4.69, 9.17) is 4.74 Å². The van der Waals surface area contributed by atoms with Gasteiger partial charge in [-0.2, -0.15) is 5.26 Å². The van der Waals surface area contributed by atoms with Crippen molar-refractivity contribution >= 4 is 17.9 Å². The molecule has 1 aromatic carbocycles. The van der Waals surface area contributed by atoms with E-state index >= 15 is 0 Å². The zero-order valence-electron chi connectivity index (χ0n) is 20.1. The first-order valence-corrected chi connectivity index (χ1v) is 10.3. The number of hydrogen-bond acceptors (Lipinski definition) is 6. The Bertz CT molecular complexity index is 893. The molecule has 2 unspecified atom stereocenters. The fourth-order valence-corrected chi connectivity index (χ4v) is 2.96. The zero-order valence-corrected chi connectivity index (χ0v) is 20.1. The van der Waals surface area contributed by atoms with E-state index in [-0.39, 0.29) is 11.3 Å². The Balaban J connectivity index is 3.39. The number of hydrogen-bond donors (Lipinski definition) is 3. The summed E-state index contributed by atoms with van der Waals surface area (Å²) in [6.45, 7) is 13.1. The lowest BCUT2D eigenvalue weighted by molar-refractivity contribution is -0.142. The number of alkyl carbamates (subject to hydrolysis) is 1. The minimum atomic E-state index is -1.29. The van der Waals surface area contributed by atoms with Gasteiger partial charge < -0.3 is 25.4 Å². The lowest BCUT2D eigenvalue weighted by atomic mass is 9.98. The molecular formula is C23H34N4O5. The predicted molar refractivity (Wildman–Crippen MR) is 120 cm³/mol. The summed E-state index contributed by atoms with van der Waals surface area (Å²) >= 11 is 0. The normalized spacial score (nSPS) is 13.3. The molecule has 0 heterocycles. The van der Waals surface area contributed by atoms with Crippen molar-refractivity contribution in [1.82, 2.24) is 15.5 Å². The van der Waals surface area contributed by atoms with Crippen LogP contribution >= 0.6 is 0 Å². The van der Waals surface area contributed by atoms with Gasteiger partial charge >= 0.3 is 6.09 Å². The van der Waals surface area contributed by atoms with Gasteiger partial charge in [0.1, 0.15) is 30.0 Å². The first-order valence-electron chi connectivity index (χ1n) is 10.3. The third-order valence-corrected chi connectivity index (χ3v) is 4.25. The zero-order chi connectivity index (χ0) is 24.9. The molecule has 176 valence electrons. The predicted octanol–water partition coefficient (Wildman–Crippen LogP) is 2.92. The van der Waals surface area contributed by atoms with Gasteiger partial charge in [0.05, 0.1) is 6.07 Å². The summed E-state index contributed by atoms with van der Waals surface area (Å²) in [5.41, 5.74) is -0.696. The lowest BCUT2D eigenvalue weighted by Gasteiger charge is -2.34. The van der Waals surface area contributed by atoms with E-state index in [0.29, 0.717) is 5.56 Å². The van der Waals surface area contributed by atoms with Crippen molar-refractivity contribution in [3.63, 3.8) is 0 Å². The van der Waals surface area contributed by atoms with Gasteiger partial charge in [-0.3, -0.25) is 9.59 Å². The highest BCUT2D eigenvalue weighted by atomic mass is 16.6. The molecule has 0 saturated carbocycles. The third-order valence-electron chi connectivity index (χ3n) is 4.25. The Morgan fingerprint density at radius 2 is 1.78 bits per heavy atom. The number of para-hydroxylation sites is 1. The number of aryl methyl sites for hydroxylation is 1. The number of nitriles is 1. The molecule has 32 heavy (non-hydrogen) atoms. The van der Waals surface area contributed by atoms with Crippen LogP contribution in [0.25, 0.3) is 0 Å². The van der Waals surface area contributed by atoms with Crippen molar-refractivity contribution in [2.24, 2.45) is 0 Å². The molecule has 0 aromatic heterocycles. The number of ether oxygens (including phenoxy) is 1. The van der Waals surface area contributed by atoms with Gasteiger partial charge in [0.2, 0.25) is 11.8 Å². The van der Waals surface area contributed by atoms with Crippen LogP contribution in [-0.2, 0) is 14.3 Å². The van der Waals surface area contributed by atoms with Crippen LogP contribution in [0.15, 0.2) is 18.2 Å². The van der Waals surface area contributed by atoms with Crippen LogP contribution in [0.4, 0.5) is 4.79 Å². The number of aromatic hydroxyl groups is 1. The van der Waals surface area contributed by atoms with Gasteiger partial charge in [-0.15, -0.1) is 0 Å². The number of carbonyl (C=O) groups is 3. The standard InChI is InChI=1S/C23H34N4O5/c1-14-10-9-11-16(18(14)28)17(19(29)26-22(3,4)5)27(13-12-24)20(30)15(2)25-21(31)32-23(6,7)8/h9-11,15,17,28H,13H2,1-8H3,(H,25,31)(H,26,29). The van der Waals surface area contributed by atoms with Crippen molar-refractivity contribution in [2.75, 3.05) is 6.54 Å². The van der Waals surface area contributed by atoms with Crippen LogP contribution in [0.5, 0.6) is 5.75 Å². The monoisotopic (exact) mass is 446 g/mol.